The number of halogens is 2. The third-order valence-electron chi connectivity index (χ3n) is 2.00. The van der Waals surface area contributed by atoms with Crippen molar-refractivity contribution in [1.82, 2.24) is 4.98 Å². The molecule has 0 atom stereocenters. The van der Waals surface area contributed by atoms with E-state index in [-0.39, 0.29) is 4.88 Å². The summed E-state index contributed by atoms with van der Waals surface area (Å²) in [5.41, 5.74) is 0.294. The number of thiazole rings is 1. The van der Waals surface area contributed by atoms with E-state index in [1.54, 1.807) is 0 Å². The van der Waals surface area contributed by atoms with E-state index in [1.165, 1.54) is 13.3 Å². The molecule has 0 unspecified atom stereocenters. The van der Waals surface area contributed by atoms with Crippen molar-refractivity contribution >= 4 is 17.3 Å². The zero-order chi connectivity index (χ0) is 12.4. The summed E-state index contributed by atoms with van der Waals surface area (Å²) in [7, 11) is 1.25. The molecule has 0 aliphatic heterocycles. The predicted octanol–water partition coefficient (Wildman–Crippen LogP) is 2.87. The zero-order valence-electron chi connectivity index (χ0n) is 8.74. The lowest BCUT2D eigenvalue weighted by atomic mass is 10.2. The van der Waals surface area contributed by atoms with Gasteiger partial charge in [0, 0.05) is 11.6 Å². The second-order valence-corrected chi connectivity index (χ2v) is 4.21. The molecule has 0 N–H and O–H groups in total. The second kappa shape index (κ2) is 4.58. The van der Waals surface area contributed by atoms with E-state index < -0.39 is 17.6 Å². The molecule has 2 rings (SSSR count). The van der Waals surface area contributed by atoms with Crippen molar-refractivity contribution in [2.24, 2.45) is 0 Å². The molecule has 88 valence electrons. The topological polar surface area (TPSA) is 39.2 Å². The summed E-state index contributed by atoms with van der Waals surface area (Å²) >= 11 is 1.02. The van der Waals surface area contributed by atoms with Crippen molar-refractivity contribution < 1.29 is 18.3 Å². The van der Waals surface area contributed by atoms with Crippen LogP contribution in [-0.2, 0) is 4.74 Å². The van der Waals surface area contributed by atoms with Gasteiger partial charge in [-0.05, 0) is 12.1 Å². The van der Waals surface area contributed by atoms with Crippen molar-refractivity contribution in [2.75, 3.05) is 7.11 Å². The molecule has 0 amide bonds. The Morgan fingerprint density at radius 2 is 1.94 bits per heavy atom. The van der Waals surface area contributed by atoms with E-state index in [9.17, 15) is 13.6 Å². The summed E-state index contributed by atoms with van der Waals surface area (Å²) in [6.45, 7) is 0. The Morgan fingerprint density at radius 1 is 1.29 bits per heavy atom. The van der Waals surface area contributed by atoms with Crippen molar-refractivity contribution in [2.45, 2.75) is 0 Å². The standard InChI is InChI=1S/C11H7F2NO2S/c1-16-11(15)9-5-14-10(17-9)6-2-7(12)4-8(13)3-6/h2-5H,1H3. The fraction of sp³-hybridized carbons (Fsp3) is 0.0909. The number of carbonyl (C=O) groups excluding carboxylic acids is 1. The van der Waals surface area contributed by atoms with E-state index in [2.05, 4.69) is 9.72 Å². The number of rotatable bonds is 2. The monoisotopic (exact) mass is 255 g/mol. The lowest BCUT2D eigenvalue weighted by Gasteiger charge is -1.97. The van der Waals surface area contributed by atoms with Crippen molar-refractivity contribution in [3.63, 3.8) is 0 Å². The first-order valence-electron chi connectivity index (χ1n) is 4.61. The van der Waals surface area contributed by atoms with Crippen LogP contribution in [0.25, 0.3) is 10.6 Å². The molecular weight excluding hydrogens is 248 g/mol. The van der Waals surface area contributed by atoms with Crippen molar-refractivity contribution in [1.29, 1.82) is 0 Å². The molecule has 0 aliphatic carbocycles. The van der Waals surface area contributed by atoms with Crippen LogP contribution in [0.1, 0.15) is 9.67 Å². The maximum absolute atomic E-state index is 13.0. The minimum absolute atomic E-state index is 0.284. The Bertz CT molecular complexity index is 548. The number of aromatic nitrogens is 1. The molecule has 0 spiro atoms. The summed E-state index contributed by atoms with van der Waals surface area (Å²) in [5.74, 6) is -1.89. The maximum atomic E-state index is 13.0. The molecule has 0 bridgehead atoms. The van der Waals surface area contributed by atoms with E-state index in [1.807, 2.05) is 0 Å². The van der Waals surface area contributed by atoms with Crippen LogP contribution in [0.4, 0.5) is 8.78 Å². The van der Waals surface area contributed by atoms with Gasteiger partial charge in [0.1, 0.15) is 21.5 Å². The molecule has 0 saturated carbocycles. The molecule has 2 aromatic rings. The number of hydrogen-bond acceptors (Lipinski definition) is 4. The smallest absolute Gasteiger partial charge is 0.349 e. The quantitative estimate of drug-likeness (QED) is 0.774. The Kier molecular flexibility index (Phi) is 3.14. The summed E-state index contributed by atoms with van der Waals surface area (Å²) < 4.78 is 30.5. The number of carbonyl (C=O) groups is 1. The zero-order valence-corrected chi connectivity index (χ0v) is 9.55. The van der Waals surface area contributed by atoms with Crippen LogP contribution in [0.3, 0.4) is 0 Å². The molecule has 3 nitrogen and oxygen atoms in total. The molecule has 0 aliphatic rings. The highest BCUT2D eigenvalue weighted by atomic mass is 32.1. The number of methoxy groups -OCH3 is 1. The number of hydrogen-bond donors (Lipinski definition) is 0. The Hall–Kier alpha value is -1.82. The predicted molar refractivity (Wildman–Crippen MR) is 58.8 cm³/mol. The van der Waals surface area contributed by atoms with Crippen LogP contribution in [0.2, 0.25) is 0 Å². The second-order valence-electron chi connectivity index (χ2n) is 3.18. The van der Waals surface area contributed by atoms with Gasteiger partial charge in [-0.2, -0.15) is 0 Å². The van der Waals surface area contributed by atoms with Crippen LogP contribution < -0.4 is 0 Å². The van der Waals surface area contributed by atoms with E-state index in [0.29, 0.717) is 10.6 Å². The van der Waals surface area contributed by atoms with Crippen LogP contribution in [0.15, 0.2) is 24.4 Å². The van der Waals surface area contributed by atoms with Gasteiger partial charge in [-0.3, -0.25) is 0 Å². The van der Waals surface area contributed by atoms with Crippen LogP contribution >= 0.6 is 11.3 Å². The number of ether oxygens (including phenoxy) is 1. The van der Waals surface area contributed by atoms with E-state index in [0.717, 1.165) is 29.5 Å². The van der Waals surface area contributed by atoms with Crippen molar-refractivity contribution in [3.8, 4) is 10.6 Å². The van der Waals surface area contributed by atoms with Gasteiger partial charge >= 0.3 is 5.97 Å². The summed E-state index contributed by atoms with van der Waals surface area (Å²) in [6, 6.07) is 3.09. The lowest BCUT2D eigenvalue weighted by Crippen LogP contribution is -1.96. The summed E-state index contributed by atoms with van der Waals surface area (Å²) in [4.78, 5) is 15.4. The largest absolute Gasteiger partial charge is 0.465 e. The average Bonchev–Trinajstić information content (AvgIpc) is 2.76. The Labute approximate surface area is 99.7 Å². The van der Waals surface area contributed by atoms with Gasteiger partial charge in [0.15, 0.2) is 0 Å². The van der Waals surface area contributed by atoms with E-state index >= 15 is 0 Å². The Balaban J connectivity index is 2.40. The molecule has 1 aromatic heterocycles. The highest BCUT2D eigenvalue weighted by Crippen LogP contribution is 2.26. The van der Waals surface area contributed by atoms with Gasteiger partial charge in [0.05, 0.1) is 13.3 Å². The van der Waals surface area contributed by atoms with Gasteiger partial charge < -0.3 is 4.74 Å². The van der Waals surface area contributed by atoms with Gasteiger partial charge in [-0.15, -0.1) is 11.3 Å². The van der Waals surface area contributed by atoms with Crippen LogP contribution in [0, 0.1) is 11.6 Å². The van der Waals surface area contributed by atoms with Crippen molar-refractivity contribution in [3.05, 3.63) is 40.9 Å². The normalized spacial score (nSPS) is 10.3. The van der Waals surface area contributed by atoms with E-state index in [4.69, 9.17) is 0 Å². The van der Waals surface area contributed by atoms with Gasteiger partial charge in [-0.25, -0.2) is 18.6 Å². The maximum Gasteiger partial charge on any atom is 0.349 e. The first-order valence-corrected chi connectivity index (χ1v) is 5.42. The molecule has 1 heterocycles. The average molecular weight is 255 g/mol. The summed E-state index contributed by atoms with van der Waals surface area (Å²) in [6.07, 6.45) is 1.31. The van der Waals surface area contributed by atoms with Crippen LogP contribution in [0.5, 0.6) is 0 Å². The fourth-order valence-electron chi connectivity index (χ4n) is 1.28. The third-order valence-corrected chi connectivity index (χ3v) is 3.03. The number of esters is 1. The molecule has 17 heavy (non-hydrogen) atoms. The minimum Gasteiger partial charge on any atom is -0.465 e. The third kappa shape index (κ3) is 2.47. The molecule has 0 radical (unpaired) electrons. The fourth-order valence-corrected chi connectivity index (χ4v) is 2.10. The van der Waals surface area contributed by atoms with Gasteiger partial charge in [0.25, 0.3) is 0 Å². The molecular formula is C11H7F2NO2S. The van der Waals surface area contributed by atoms with Crippen LogP contribution in [-0.4, -0.2) is 18.1 Å². The SMILES string of the molecule is COC(=O)c1cnc(-c2cc(F)cc(F)c2)s1. The minimum atomic E-state index is -0.685. The van der Waals surface area contributed by atoms with Gasteiger partial charge in [0.2, 0.25) is 0 Å². The molecule has 6 heteroatoms. The number of nitrogens with zero attached hydrogens (tertiary/aromatic N) is 1. The molecule has 0 saturated heterocycles. The number of benzene rings is 1. The molecule has 1 aromatic carbocycles. The molecule has 0 fully saturated rings. The highest BCUT2D eigenvalue weighted by molar-refractivity contribution is 7.16. The first-order chi connectivity index (χ1) is 8.10. The lowest BCUT2D eigenvalue weighted by molar-refractivity contribution is 0.0606. The Morgan fingerprint density at radius 3 is 2.53 bits per heavy atom. The van der Waals surface area contributed by atoms with Gasteiger partial charge in [-0.1, -0.05) is 0 Å². The summed E-state index contributed by atoms with van der Waals surface area (Å²) in [5, 5.41) is 0.365. The first kappa shape index (κ1) is 11.7. The highest BCUT2D eigenvalue weighted by Gasteiger charge is 2.12.